The molecular formula is C14H18N4O3. The van der Waals surface area contributed by atoms with Crippen LogP contribution in [0.25, 0.3) is 5.69 Å². The van der Waals surface area contributed by atoms with Crippen molar-refractivity contribution in [3.8, 4) is 5.69 Å². The van der Waals surface area contributed by atoms with E-state index in [4.69, 9.17) is 0 Å². The molecule has 0 amide bonds. The third kappa shape index (κ3) is 2.92. The van der Waals surface area contributed by atoms with Crippen molar-refractivity contribution >= 4 is 5.69 Å². The number of rotatable bonds is 5. The minimum Gasteiger partial charge on any atom is -0.389 e. The predicted molar refractivity (Wildman–Crippen MR) is 77.4 cm³/mol. The number of benzene rings is 1. The summed E-state index contributed by atoms with van der Waals surface area (Å²) in [4.78, 5) is 15.2. The van der Waals surface area contributed by atoms with Gasteiger partial charge in [-0.05, 0) is 18.6 Å². The Balaban J connectivity index is 2.63. The zero-order chi connectivity index (χ0) is 15.6. The molecule has 0 saturated carbocycles. The van der Waals surface area contributed by atoms with Crippen molar-refractivity contribution in [2.75, 3.05) is 0 Å². The van der Waals surface area contributed by atoms with Crippen LogP contribution in [0.1, 0.15) is 44.1 Å². The Morgan fingerprint density at radius 2 is 2.10 bits per heavy atom. The van der Waals surface area contributed by atoms with Crippen LogP contribution in [-0.4, -0.2) is 24.8 Å². The molecule has 1 N–H and O–H groups in total. The van der Waals surface area contributed by atoms with E-state index in [1.54, 1.807) is 19.1 Å². The molecule has 0 spiro atoms. The number of aliphatic hydroxyl groups excluding tert-OH is 1. The Morgan fingerprint density at radius 3 is 2.62 bits per heavy atom. The highest BCUT2D eigenvalue weighted by Gasteiger charge is 2.21. The number of aryl methyl sites for hydroxylation is 2. The molecule has 0 saturated heterocycles. The fourth-order valence-electron chi connectivity index (χ4n) is 2.09. The van der Waals surface area contributed by atoms with E-state index in [9.17, 15) is 15.2 Å². The van der Waals surface area contributed by atoms with Crippen molar-refractivity contribution in [3.63, 3.8) is 0 Å². The highest BCUT2D eigenvalue weighted by atomic mass is 16.6. The summed E-state index contributed by atoms with van der Waals surface area (Å²) in [6.45, 7) is 5.43. The van der Waals surface area contributed by atoms with Gasteiger partial charge in [-0.25, -0.2) is 9.67 Å². The number of hydrogen-bond donors (Lipinski definition) is 1. The SMILES string of the molecule is CCc1nc(CC)n(-c2ccc(C(C)O)cc2[N+](=O)[O-])n1. The molecule has 1 aromatic heterocycles. The Bertz CT molecular complexity index is 664. The lowest BCUT2D eigenvalue weighted by molar-refractivity contribution is -0.384. The van der Waals surface area contributed by atoms with Gasteiger partial charge in [0, 0.05) is 18.9 Å². The highest BCUT2D eigenvalue weighted by Crippen LogP contribution is 2.27. The summed E-state index contributed by atoms with van der Waals surface area (Å²) in [5.74, 6) is 1.33. The van der Waals surface area contributed by atoms with Crippen molar-refractivity contribution in [2.45, 2.75) is 39.7 Å². The van der Waals surface area contributed by atoms with Gasteiger partial charge in [0.1, 0.15) is 11.5 Å². The number of nitro groups is 1. The number of nitro benzene ring substituents is 1. The largest absolute Gasteiger partial charge is 0.389 e. The first-order valence-corrected chi connectivity index (χ1v) is 6.89. The van der Waals surface area contributed by atoms with E-state index in [1.165, 1.54) is 10.7 Å². The van der Waals surface area contributed by atoms with E-state index in [2.05, 4.69) is 10.1 Å². The third-order valence-electron chi connectivity index (χ3n) is 3.26. The molecule has 7 nitrogen and oxygen atoms in total. The van der Waals surface area contributed by atoms with Gasteiger partial charge in [-0.2, -0.15) is 5.10 Å². The topological polar surface area (TPSA) is 94.1 Å². The summed E-state index contributed by atoms with van der Waals surface area (Å²) in [6.07, 6.45) is 0.535. The molecular weight excluding hydrogens is 272 g/mol. The predicted octanol–water partition coefficient (Wildman–Crippen LogP) is 2.35. The normalized spacial score (nSPS) is 12.4. The zero-order valence-electron chi connectivity index (χ0n) is 12.3. The summed E-state index contributed by atoms with van der Waals surface area (Å²) in [5.41, 5.74) is 0.781. The van der Waals surface area contributed by atoms with Gasteiger partial charge in [0.15, 0.2) is 5.82 Å². The first kappa shape index (κ1) is 15.1. The van der Waals surface area contributed by atoms with E-state index < -0.39 is 11.0 Å². The molecule has 7 heteroatoms. The van der Waals surface area contributed by atoms with Crippen LogP contribution < -0.4 is 0 Å². The van der Waals surface area contributed by atoms with E-state index in [0.29, 0.717) is 35.7 Å². The lowest BCUT2D eigenvalue weighted by Gasteiger charge is -2.09. The summed E-state index contributed by atoms with van der Waals surface area (Å²) in [7, 11) is 0. The standard InChI is InChI=1S/C14H18N4O3/c1-4-13-15-14(5-2)17(16-13)11-7-6-10(9(3)19)8-12(11)18(20)21/h6-9,19H,4-5H2,1-3H3. The molecule has 2 rings (SSSR count). The second-order valence-electron chi connectivity index (χ2n) is 4.74. The van der Waals surface area contributed by atoms with Crippen LogP contribution in [0, 0.1) is 10.1 Å². The van der Waals surface area contributed by atoms with Crippen LogP contribution in [0.3, 0.4) is 0 Å². The third-order valence-corrected chi connectivity index (χ3v) is 3.26. The molecule has 0 aliphatic rings. The van der Waals surface area contributed by atoms with Crippen molar-refractivity contribution in [1.29, 1.82) is 0 Å². The first-order chi connectivity index (χ1) is 9.97. The van der Waals surface area contributed by atoms with Crippen molar-refractivity contribution in [3.05, 3.63) is 45.5 Å². The smallest absolute Gasteiger partial charge is 0.295 e. The van der Waals surface area contributed by atoms with Crippen LogP contribution in [0.15, 0.2) is 18.2 Å². The van der Waals surface area contributed by atoms with Gasteiger partial charge in [-0.15, -0.1) is 0 Å². The van der Waals surface area contributed by atoms with E-state index in [-0.39, 0.29) is 5.69 Å². The monoisotopic (exact) mass is 290 g/mol. The zero-order valence-corrected chi connectivity index (χ0v) is 12.3. The second kappa shape index (κ2) is 6.01. The van der Waals surface area contributed by atoms with Crippen LogP contribution in [0.2, 0.25) is 0 Å². The highest BCUT2D eigenvalue weighted by molar-refractivity contribution is 5.54. The van der Waals surface area contributed by atoms with E-state index >= 15 is 0 Å². The fraction of sp³-hybridized carbons (Fsp3) is 0.429. The van der Waals surface area contributed by atoms with Crippen LogP contribution in [0.4, 0.5) is 5.69 Å². The van der Waals surface area contributed by atoms with Gasteiger partial charge in [-0.1, -0.05) is 19.9 Å². The van der Waals surface area contributed by atoms with Gasteiger partial charge in [-0.3, -0.25) is 10.1 Å². The Kier molecular flexibility index (Phi) is 4.32. The van der Waals surface area contributed by atoms with Crippen LogP contribution in [0.5, 0.6) is 0 Å². The maximum absolute atomic E-state index is 11.3. The van der Waals surface area contributed by atoms with E-state index in [1.807, 2.05) is 13.8 Å². The number of hydrogen-bond acceptors (Lipinski definition) is 5. The average molecular weight is 290 g/mol. The molecule has 1 heterocycles. The molecule has 1 atom stereocenters. The summed E-state index contributed by atoms with van der Waals surface area (Å²) >= 11 is 0. The van der Waals surface area contributed by atoms with Gasteiger partial charge in [0.25, 0.3) is 5.69 Å². The number of nitrogens with zero attached hydrogens (tertiary/aromatic N) is 4. The quantitative estimate of drug-likeness (QED) is 0.673. The molecule has 0 bridgehead atoms. The maximum atomic E-state index is 11.3. The number of aliphatic hydroxyl groups is 1. The molecule has 0 aliphatic carbocycles. The maximum Gasteiger partial charge on any atom is 0.295 e. The van der Waals surface area contributed by atoms with E-state index in [0.717, 1.165) is 0 Å². The van der Waals surface area contributed by atoms with Gasteiger partial charge < -0.3 is 5.11 Å². The Hall–Kier alpha value is -2.28. The minimum atomic E-state index is -0.759. The summed E-state index contributed by atoms with van der Waals surface area (Å²) in [5, 5.41) is 25.2. The lowest BCUT2D eigenvalue weighted by atomic mass is 10.1. The van der Waals surface area contributed by atoms with Crippen molar-refractivity contribution in [2.24, 2.45) is 0 Å². The number of aromatic nitrogens is 3. The Labute approximate surface area is 122 Å². The van der Waals surface area contributed by atoms with Crippen molar-refractivity contribution < 1.29 is 10.0 Å². The molecule has 0 fully saturated rings. The molecule has 112 valence electrons. The average Bonchev–Trinajstić information content (AvgIpc) is 2.89. The Morgan fingerprint density at radius 1 is 1.38 bits per heavy atom. The second-order valence-corrected chi connectivity index (χ2v) is 4.74. The molecule has 1 unspecified atom stereocenters. The molecule has 2 aromatic rings. The van der Waals surface area contributed by atoms with Gasteiger partial charge >= 0.3 is 0 Å². The van der Waals surface area contributed by atoms with Crippen LogP contribution in [-0.2, 0) is 12.8 Å². The fourth-order valence-corrected chi connectivity index (χ4v) is 2.09. The first-order valence-electron chi connectivity index (χ1n) is 6.89. The van der Waals surface area contributed by atoms with Crippen LogP contribution >= 0.6 is 0 Å². The molecule has 21 heavy (non-hydrogen) atoms. The lowest BCUT2D eigenvalue weighted by Crippen LogP contribution is -2.07. The molecule has 0 aliphatic heterocycles. The summed E-state index contributed by atoms with van der Waals surface area (Å²) in [6, 6.07) is 4.65. The van der Waals surface area contributed by atoms with Gasteiger partial charge in [0.05, 0.1) is 11.0 Å². The van der Waals surface area contributed by atoms with Crippen molar-refractivity contribution in [1.82, 2.24) is 14.8 Å². The summed E-state index contributed by atoms with van der Waals surface area (Å²) < 4.78 is 1.52. The minimum absolute atomic E-state index is 0.0874. The molecule has 1 aromatic carbocycles. The van der Waals surface area contributed by atoms with Gasteiger partial charge in [0.2, 0.25) is 0 Å². The molecule has 0 radical (unpaired) electrons.